The average Bonchev–Trinajstić information content (AvgIpc) is 2.28. The third-order valence-electron chi connectivity index (χ3n) is 2.82. The Morgan fingerprint density at radius 3 is 2.72 bits per heavy atom. The molecule has 18 heavy (non-hydrogen) atoms. The predicted molar refractivity (Wildman–Crippen MR) is 64.5 cm³/mol. The molecule has 1 atom stereocenters. The van der Waals surface area contributed by atoms with E-state index in [2.05, 4.69) is 9.97 Å². The van der Waals surface area contributed by atoms with Gasteiger partial charge in [-0.1, -0.05) is 0 Å². The monoisotopic (exact) mass is 271 g/mol. The molecule has 0 spiro atoms. The van der Waals surface area contributed by atoms with E-state index < -0.39 is 15.8 Å². The highest BCUT2D eigenvalue weighted by atomic mass is 32.2. The largest absolute Gasteiger partial charge is 0.476 e. The van der Waals surface area contributed by atoms with Crippen LogP contribution in [0.5, 0.6) is 0 Å². The van der Waals surface area contributed by atoms with Crippen LogP contribution in [0.4, 0.5) is 5.82 Å². The van der Waals surface area contributed by atoms with Gasteiger partial charge in [0.15, 0.2) is 21.3 Å². The first-order valence-electron chi connectivity index (χ1n) is 5.42. The van der Waals surface area contributed by atoms with Crippen LogP contribution in [-0.2, 0) is 9.84 Å². The summed E-state index contributed by atoms with van der Waals surface area (Å²) in [6.45, 7) is 1.97. The molecule has 98 valence electrons. The van der Waals surface area contributed by atoms with Crippen LogP contribution in [0.3, 0.4) is 0 Å². The molecule has 1 aromatic heterocycles. The lowest BCUT2D eigenvalue weighted by Crippen LogP contribution is -2.48. The van der Waals surface area contributed by atoms with Crippen molar-refractivity contribution in [2.24, 2.45) is 0 Å². The Morgan fingerprint density at radius 1 is 1.44 bits per heavy atom. The topological polar surface area (TPSA) is 100 Å². The number of aromatic carboxylic acids is 1. The van der Waals surface area contributed by atoms with E-state index >= 15 is 0 Å². The van der Waals surface area contributed by atoms with Gasteiger partial charge in [0, 0.05) is 25.0 Å². The molecule has 1 aromatic rings. The summed E-state index contributed by atoms with van der Waals surface area (Å²) in [7, 11) is -3.04. The van der Waals surface area contributed by atoms with Crippen LogP contribution >= 0.6 is 0 Å². The molecule has 0 aromatic carbocycles. The van der Waals surface area contributed by atoms with Crippen molar-refractivity contribution < 1.29 is 18.3 Å². The number of sulfone groups is 1. The third kappa shape index (κ3) is 2.42. The Morgan fingerprint density at radius 2 is 2.11 bits per heavy atom. The highest BCUT2D eigenvalue weighted by Gasteiger charge is 2.31. The minimum absolute atomic E-state index is 0.00261. The quantitative estimate of drug-likeness (QED) is 0.794. The van der Waals surface area contributed by atoms with Crippen LogP contribution in [0.25, 0.3) is 0 Å². The first kappa shape index (κ1) is 12.7. The molecule has 7 nitrogen and oxygen atoms in total. The van der Waals surface area contributed by atoms with Gasteiger partial charge in [-0.25, -0.2) is 23.2 Å². The maximum atomic E-state index is 11.5. The Kier molecular flexibility index (Phi) is 3.20. The molecular formula is C10H13N3O4S. The number of nitrogens with zero attached hydrogens (tertiary/aromatic N) is 3. The van der Waals surface area contributed by atoms with Gasteiger partial charge in [-0.15, -0.1) is 0 Å². The van der Waals surface area contributed by atoms with Crippen LogP contribution < -0.4 is 4.90 Å². The SMILES string of the molecule is CC1CS(=O)(=O)CCN1c1nccnc1C(=O)O. The molecule has 1 unspecified atom stereocenters. The second-order valence-electron chi connectivity index (χ2n) is 4.19. The standard InChI is InChI=1S/C10H13N3O4S/c1-7-6-18(16,17)5-4-13(7)9-8(10(14)15)11-2-3-12-9/h2-3,7H,4-6H2,1H3,(H,14,15). The van der Waals surface area contributed by atoms with Gasteiger partial charge in [0.05, 0.1) is 11.5 Å². The number of carboxylic acids is 1. The van der Waals surface area contributed by atoms with E-state index in [1.165, 1.54) is 12.4 Å². The molecule has 1 N–H and O–H groups in total. The van der Waals surface area contributed by atoms with E-state index in [0.717, 1.165) is 0 Å². The van der Waals surface area contributed by atoms with E-state index in [-0.39, 0.29) is 35.6 Å². The van der Waals surface area contributed by atoms with Gasteiger partial charge in [-0.2, -0.15) is 0 Å². The maximum Gasteiger partial charge on any atom is 0.358 e. The van der Waals surface area contributed by atoms with Gasteiger partial charge >= 0.3 is 5.97 Å². The van der Waals surface area contributed by atoms with Gasteiger partial charge in [0.1, 0.15) is 0 Å². The van der Waals surface area contributed by atoms with Crippen molar-refractivity contribution in [3.63, 3.8) is 0 Å². The molecule has 8 heteroatoms. The summed E-state index contributed by atoms with van der Waals surface area (Å²) in [5.74, 6) is -0.929. The minimum atomic E-state index is -3.04. The van der Waals surface area contributed by atoms with Crippen molar-refractivity contribution in [3.05, 3.63) is 18.1 Å². The summed E-state index contributed by atoms with van der Waals surface area (Å²) >= 11 is 0. The van der Waals surface area contributed by atoms with E-state index in [0.29, 0.717) is 0 Å². The molecule has 1 saturated heterocycles. The molecule has 0 radical (unpaired) electrons. The fraction of sp³-hybridized carbons (Fsp3) is 0.500. The molecule has 0 bridgehead atoms. The number of aromatic nitrogens is 2. The zero-order chi connectivity index (χ0) is 13.3. The Bertz CT molecular complexity index is 572. The van der Waals surface area contributed by atoms with Crippen molar-refractivity contribution in [2.45, 2.75) is 13.0 Å². The minimum Gasteiger partial charge on any atom is -0.476 e. The molecule has 1 aliphatic rings. The van der Waals surface area contributed by atoms with Crippen molar-refractivity contribution in [2.75, 3.05) is 23.0 Å². The normalized spacial score (nSPS) is 22.7. The van der Waals surface area contributed by atoms with E-state index in [9.17, 15) is 13.2 Å². The Hall–Kier alpha value is -1.70. The zero-order valence-electron chi connectivity index (χ0n) is 9.78. The van der Waals surface area contributed by atoms with Gasteiger partial charge < -0.3 is 10.0 Å². The second kappa shape index (κ2) is 4.52. The molecule has 0 amide bonds. The molecule has 1 fully saturated rings. The highest BCUT2D eigenvalue weighted by molar-refractivity contribution is 7.91. The fourth-order valence-electron chi connectivity index (χ4n) is 2.01. The van der Waals surface area contributed by atoms with Crippen LogP contribution in [0.2, 0.25) is 0 Å². The lowest BCUT2D eigenvalue weighted by molar-refractivity contribution is 0.0690. The van der Waals surface area contributed by atoms with Crippen LogP contribution in [0, 0.1) is 0 Å². The third-order valence-corrected chi connectivity index (χ3v) is 4.62. The molecule has 0 saturated carbocycles. The maximum absolute atomic E-state index is 11.5. The molecular weight excluding hydrogens is 258 g/mol. The Labute approximate surface area is 104 Å². The van der Waals surface area contributed by atoms with Crippen LogP contribution in [-0.4, -0.2) is 53.6 Å². The molecule has 2 rings (SSSR count). The number of carboxylic acid groups (broad SMARTS) is 1. The number of carbonyl (C=O) groups is 1. The molecule has 1 aliphatic heterocycles. The lowest BCUT2D eigenvalue weighted by atomic mass is 10.2. The van der Waals surface area contributed by atoms with Crippen LogP contribution in [0.1, 0.15) is 17.4 Å². The summed E-state index contributed by atoms with van der Waals surface area (Å²) in [5, 5.41) is 9.04. The van der Waals surface area contributed by atoms with Gasteiger partial charge in [-0.05, 0) is 6.92 Å². The summed E-state index contributed by atoms with van der Waals surface area (Å²) in [5.41, 5.74) is -0.149. The van der Waals surface area contributed by atoms with Crippen LogP contribution in [0.15, 0.2) is 12.4 Å². The lowest BCUT2D eigenvalue weighted by Gasteiger charge is -2.34. The molecule has 0 aliphatic carbocycles. The summed E-state index contributed by atoms with van der Waals surface area (Å²) < 4.78 is 23.0. The number of anilines is 1. The zero-order valence-corrected chi connectivity index (χ0v) is 10.6. The smallest absolute Gasteiger partial charge is 0.358 e. The first-order chi connectivity index (χ1) is 8.41. The van der Waals surface area contributed by atoms with Crippen molar-refractivity contribution in [1.82, 2.24) is 9.97 Å². The van der Waals surface area contributed by atoms with E-state index in [1.807, 2.05) is 0 Å². The number of rotatable bonds is 2. The van der Waals surface area contributed by atoms with Gasteiger partial charge in [0.25, 0.3) is 0 Å². The molecule has 2 heterocycles. The van der Waals surface area contributed by atoms with E-state index in [4.69, 9.17) is 5.11 Å². The number of hydrogen-bond acceptors (Lipinski definition) is 6. The van der Waals surface area contributed by atoms with Crippen molar-refractivity contribution in [3.8, 4) is 0 Å². The average molecular weight is 271 g/mol. The first-order valence-corrected chi connectivity index (χ1v) is 7.24. The number of hydrogen-bond donors (Lipinski definition) is 1. The highest BCUT2D eigenvalue weighted by Crippen LogP contribution is 2.21. The summed E-state index contributed by atoms with van der Waals surface area (Å²) in [6.07, 6.45) is 2.70. The second-order valence-corrected chi connectivity index (χ2v) is 6.42. The summed E-state index contributed by atoms with van der Waals surface area (Å²) in [4.78, 5) is 20.5. The fourth-order valence-corrected chi connectivity index (χ4v) is 3.56. The summed E-state index contributed by atoms with van der Waals surface area (Å²) in [6, 6.07) is -0.307. The van der Waals surface area contributed by atoms with Gasteiger partial charge in [-0.3, -0.25) is 0 Å². The van der Waals surface area contributed by atoms with Crippen molar-refractivity contribution in [1.29, 1.82) is 0 Å². The Balaban J connectivity index is 2.36. The van der Waals surface area contributed by atoms with Gasteiger partial charge in [0.2, 0.25) is 0 Å². The van der Waals surface area contributed by atoms with Crippen molar-refractivity contribution >= 4 is 21.6 Å². The van der Waals surface area contributed by atoms with E-state index in [1.54, 1.807) is 11.8 Å². The predicted octanol–water partition coefficient (Wildman–Crippen LogP) is -0.202.